The highest BCUT2D eigenvalue weighted by Crippen LogP contribution is 2.35. The van der Waals surface area contributed by atoms with E-state index in [9.17, 15) is 9.59 Å². The van der Waals surface area contributed by atoms with E-state index in [2.05, 4.69) is 11.4 Å². The number of fused-ring (bicyclic) bond motifs is 1. The average molecular weight is 306 g/mol. The molecule has 22 heavy (non-hydrogen) atoms. The molecule has 0 heterocycles. The first-order valence-corrected chi connectivity index (χ1v) is 7.58. The van der Waals surface area contributed by atoms with Crippen molar-refractivity contribution in [3.63, 3.8) is 0 Å². The van der Waals surface area contributed by atoms with Crippen LogP contribution in [0.4, 0.5) is 4.79 Å². The molecule has 2 amide bonds. The summed E-state index contributed by atoms with van der Waals surface area (Å²) < 4.78 is 0. The topological polar surface area (TPSA) is 89.9 Å². The Labute approximate surface area is 129 Å². The second-order valence-corrected chi connectivity index (χ2v) is 5.40. The van der Waals surface area contributed by atoms with Crippen LogP contribution < -0.4 is 5.32 Å². The van der Waals surface area contributed by atoms with Crippen LogP contribution in [-0.2, 0) is 11.2 Å². The molecule has 6 nitrogen and oxygen atoms in total. The van der Waals surface area contributed by atoms with Gasteiger partial charge in [-0.1, -0.05) is 24.3 Å². The van der Waals surface area contributed by atoms with E-state index in [0.717, 1.165) is 18.4 Å². The molecule has 1 atom stereocenters. The third-order valence-electron chi connectivity index (χ3n) is 3.91. The lowest BCUT2D eigenvalue weighted by Gasteiger charge is -2.29. The first kappa shape index (κ1) is 16.3. The van der Waals surface area contributed by atoms with Gasteiger partial charge < -0.3 is 20.4 Å². The molecule has 0 radical (unpaired) electrons. The van der Waals surface area contributed by atoms with Gasteiger partial charge in [0.05, 0.1) is 12.5 Å². The second kappa shape index (κ2) is 7.79. The Kier molecular flexibility index (Phi) is 5.77. The number of hydrogen-bond acceptors (Lipinski definition) is 3. The zero-order valence-electron chi connectivity index (χ0n) is 12.5. The van der Waals surface area contributed by atoms with E-state index in [4.69, 9.17) is 10.2 Å². The van der Waals surface area contributed by atoms with Gasteiger partial charge in [-0.15, -0.1) is 0 Å². The Hall–Kier alpha value is -2.08. The molecule has 0 spiro atoms. The molecule has 0 saturated carbocycles. The van der Waals surface area contributed by atoms with Crippen LogP contribution in [0.5, 0.6) is 0 Å². The van der Waals surface area contributed by atoms with Crippen LogP contribution in [0, 0.1) is 0 Å². The highest BCUT2D eigenvalue weighted by atomic mass is 16.4. The Balaban J connectivity index is 2.06. The van der Waals surface area contributed by atoms with E-state index in [0.29, 0.717) is 13.0 Å². The Morgan fingerprint density at radius 1 is 1.32 bits per heavy atom. The van der Waals surface area contributed by atoms with Gasteiger partial charge in [0, 0.05) is 19.7 Å². The highest BCUT2D eigenvalue weighted by Gasteiger charge is 2.30. The monoisotopic (exact) mass is 306 g/mol. The van der Waals surface area contributed by atoms with Gasteiger partial charge in [0.2, 0.25) is 0 Å². The van der Waals surface area contributed by atoms with Gasteiger partial charge in [-0.2, -0.15) is 0 Å². The van der Waals surface area contributed by atoms with Crippen molar-refractivity contribution in [3.05, 3.63) is 35.4 Å². The van der Waals surface area contributed by atoms with Crippen LogP contribution in [0.15, 0.2) is 24.3 Å². The van der Waals surface area contributed by atoms with Crippen molar-refractivity contribution < 1.29 is 19.8 Å². The van der Waals surface area contributed by atoms with Gasteiger partial charge in [0.1, 0.15) is 0 Å². The van der Waals surface area contributed by atoms with E-state index in [-0.39, 0.29) is 31.6 Å². The molecule has 0 saturated heterocycles. The number of nitrogens with zero attached hydrogens (tertiary/aromatic N) is 1. The smallest absolute Gasteiger partial charge is 0.317 e. The van der Waals surface area contributed by atoms with Crippen molar-refractivity contribution in [1.29, 1.82) is 0 Å². The summed E-state index contributed by atoms with van der Waals surface area (Å²) in [6.07, 6.45) is 2.20. The van der Waals surface area contributed by atoms with Crippen LogP contribution in [-0.4, -0.2) is 46.8 Å². The molecule has 1 unspecified atom stereocenters. The van der Waals surface area contributed by atoms with Crippen LogP contribution >= 0.6 is 0 Å². The summed E-state index contributed by atoms with van der Waals surface area (Å²) in [5.74, 6) is -0.937. The van der Waals surface area contributed by atoms with E-state index >= 15 is 0 Å². The molecule has 0 bridgehead atoms. The summed E-state index contributed by atoms with van der Waals surface area (Å²) in [7, 11) is 0. The normalized spacial score (nSPS) is 16.1. The number of nitrogens with one attached hydrogen (secondary N) is 1. The first-order valence-electron chi connectivity index (χ1n) is 7.58. The number of urea groups is 1. The number of rotatable bonds is 7. The number of aliphatic carboxylic acids is 1. The minimum atomic E-state index is -0.937. The number of carboxylic acid groups (broad SMARTS) is 1. The maximum Gasteiger partial charge on any atom is 0.317 e. The summed E-state index contributed by atoms with van der Waals surface area (Å²) in [6, 6.07) is 7.78. The highest BCUT2D eigenvalue weighted by molar-refractivity contribution is 5.76. The number of carbonyl (C=O) groups excluding carboxylic acids is 1. The van der Waals surface area contributed by atoms with Gasteiger partial charge in [-0.05, 0) is 30.4 Å². The van der Waals surface area contributed by atoms with Gasteiger partial charge in [-0.3, -0.25) is 4.79 Å². The zero-order chi connectivity index (χ0) is 15.9. The molecule has 2 rings (SSSR count). The largest absolute Gasteiger partial charge is 0.481 e. The predicted octanol–water partition coefficient (Wildman–Crippen LogP) is 1.54. The molecular formula is C16H22N2O4. The van der Waals surface area contributed by atoms with Crippen LogP contribution in [0.2, 0.25) is 0 Å². The molecule has 1 aromatic rings. The maximum absolute atomic E-state index is 12.4. The minimum Gasteiger partial charge on any atom is -0.481 e. The fourth-order valence-corrected chi connectivity index (χ4v) is 2.88. The molecule has 3 N–H and O–H groups in total. The number of hydrogen-bond donors (Lipinski definition) is 3. The number of benzene rings is 1. The summed E-state index contributed by atoms with van der Waals surface area (Å²) >= 11 is 0. The molecular weight excluding hydrogens is 284 g/mol. The summed E-state index contributed by atoms with van der Waals surface area (Å²) in [5.41, 5.74) is 2.40. The number of aryl methyl sites for hydroxylation is 1. The van der Waals surface area contributed by atoms with Crippen molar-refractivity contribution in [1.82, 2.24) is 10.2 Å². The number of carbonyl (C=O) groups is 2. The van der Waals surface area contributed by atoms with Crippen molar-refractivity contribution in [2.75, 3.05) is 19.7 Å². The Morgan fingerprint density at radius 2 is 2.09 bits per heavy atom. The fourth-order valence-electron chi connectivity index (χ4n) is 2.88. The van der Waals surface area contributed by atoms with E-state index in [1.165, 1.54) is 5.56 Å². The lowest BCUT2D eigenvalue weighted by Crippen LogP contribution is -2.43. The molecule has 0 fully saturated rings. The minimum absolute atomic E-state index is 0.00687. The lowest BCUT2D eigenvalue weighted by molar-refractivity contribution is -0.136. The molecule has 1 aromatic carbocycles. The van der Waals surface area contributed by atoms with Gasteiger partial charge in [-0.25, -0.2) is 4.79 Å². The average Bonchev–Trinajstić information content (AvgIpc) is 2.91. The first-order chi connectivity index (χ1) is 10.6. The number of amides is 2. The number of aliphatic hydroxyl groups is 1. The number of carboxylic acids is 1. The number of aliphatic hydroxyl groups excluding tert-OH is 1. The van der Waals surface area contributed by atoms with Gasteiger partial charge in [0.25, 0.3) is 0 Å². The Bertz CT molecular complexity index is 533. The second-order valence-electron chi connectivity index (χ2n) is 5.40. The molecule has 0 aromatic heterocycles. The summed E-state index contributed by atoms with van der Waals surface area (Å²) in [6.45, 7) is 0.583. The van der Waals surface area contributed by atoms with E-state index < -0.39 is 5.97 Å². The standard InChI is InChI=1S/C16H22N2O4/c19-11-3-10-18(16(22)17-9-8-15(20)21)14-7-6-12-4-1-2-5-13(12)14/h1-2,4-5,14,19H,3,6-11H2,(H,17,22)(H,20,21). The van der Waals surface area contributed by atoms with Crippen molar-refractivity contribution in [3.8, 4) is 0 Å². The third kappa shape index (κ3) is 3.98. The van der Waals surface area contributed by atoms with Gasteiger partial charge in [0.15, 0.2) is 0 Å². The molecule has 1 aliphatic rings. The van der Waals surface area contributed by atoms with Crippen molar-refractivity contribution in [2.45, 2.75) is 31.7 Å². The predicted molar refractivity (Wildman–Crippen MR) is 81.6 cm³/mol. The van der Waals surface area contributed by atoms with Crippen LogP contribution in [0.3, 0.4) is 0 Å². The lowest BCUT2D eigenvalue weighted by atomic mass is 10.1. The van der Waals surface area contributed by atoms with E-state index in [1.807, 2.05) is 18.2 Å². The quantitative estimate of drug-likeness (QED) is 0.713. The van der Waals surface area contributed by atoms with Crippen LogP contribution in [0.1, 0.15) is 36.4 Å². The zero-order valence-corrected chi connectivity index (χ0v) is 12.5. The van der Waals surface area contributed by atoms with Gasteiger partial charge >= 0.3 is 12.0 Å². The molecule has 0 aliphatic heterocycles. The van der Waals surface area contributed by atoms with Crippen molar-refractivity contribution in [2.24, 2.45) is 0 Å². The maximum atomic E-state index is 12.4. The molecule has 120 valence electrons. The van der Waals surface area contributed by atoms with E-state index in [1.54, 1.807) is 4.90 Å². The summed E-state index contributed by atoms with van der Waals surface area (Å²) in [4.78, 5) is 24.6. The van der Waals surface area contributed by atoms with Crippen LogP contribution in [0.25, 0.3) is 0 Å². The SMILES string of the molecule is O=C(O)CCNC(=O)N(CCCO)C1CCc2ccccc21. The molecule has 1 aliphatic carbocycles. The van der Waals surface area contributed by atoms with Crippen molar-refractivity contribution >= 4 is 12.0 Å². The Morgan fingerprint density at radius 3 is 2.82 bits per heavy atom. The summed E-state index contributed by atoms with van der Waals surface area (Å²) in [5, 5.41) is 20.4. The molecule has 6 heteroatoms. The third-order valence-corrected chi connectivity index (χ3v) is 3.91. The fraction of sp³-hybridized carbons (Fsp3) is 0.500.